The minimum Gasteiger partial charge on any atom is -0.497 e. The number of alkyl halides is 3. The maximum atomic E-state index is 12.9. The van der Waals surface area contributed by atoms with Gasteiger partial charge >= 0.3 is 6.18 Å². The second-order valence-corrected chi connectivity index (χ2v) is 5.73. The summed E-state index contributed by atoms with van der Waals surface area (Å²) in [5.74, 6) is 6.50. The average molecular weight is 365 g/mol. The Balaban J connectivity index is 1.97. The largest absolute Gasteiger partial charge is 0.497 e. The summed E-state index contributed by atoms with van der Waals surface area (Å²) in [5.41, 5.74) is 1.46. The van der Waals surface area contributed by atoms with Gasteiger partial charge in [-0.3, -0.25) is 0 Å². The number of benzene rings is 2. The van der Waals surface area contributed by atoms with Crippen molar-refractivity contribution in [2.24, 2.45) is 0 Å². The van der Waals surface area contributed by atoms with E-state index in [1.54, 1.807) is 37.4 Å². The standard InChI is InChI=1S/C19H12ClF3O2/c1-24-16-7-3-12(4-8-16)2-5-13-10-15(20)11-14-6-9-17(19(21,22)23)25-18(13)14/h3-4,6-11,17H,1H3/t17-/m0/s1. The quantitative estimate of drug-likeness (QED) is 0.657. The molecule has 1 aliphatic rings. The fourth-order valence-electron chi connectivity index (χ4n) is 2.31. The molecule has 0 N–H and O–H groups in total. The molecule has 0 radical (unpaired) electrons. The van der Waals surface area contributed by atoms with E-state index in [0.717, 1.165) is 6.08 Å². The number of rotatable bonds is 1. The lowest BCUT2D eigenvalue weighted by Gasteiger charge is -2.24. The lowest BCUT2D eigenvalue weighted by Crippen LogP contribution is -2.34. The predicted molar refractivity (Wildman–Crippen MR) is 89.9 cm³/mol. The molecule has 2 aromatic rings. The van der Waals surface area contributed by atoms with Gasteiger partial charge in [-0.15, -0.1) is 0 Å². The summed E-state index contributed by atoms with van der Waals surface area (Å²) in [5, 5.41) is 0.372. The van der Waals surface area contributed by atoms with Crippen LogP contribution in [-0.2, 0) is 0 Å². The lowest BCUT2D eigenvalue weighted by atomic mass is 10.0. The summed E-state index contributed by atoms with van der Waals surface area (Å²) < 4.78 is 48.9. The normalized spacial score (nSPS) is 15.6. The molecule has 0 aromatic heterocycles. The van der Waals surface area contributed by atoms with Gasteiger partial charge in [-0.1, -0.05) is 29.5 Å². The molecular formula is C19H12ClF3O2. The Morgan fingerprint density at radius 1 is 1.12 bits per heavy atom. The van der Waals surface area contributed by atoms with Gasteiger partial charge in [0.05, 0.1) is 12.7 Å². The first-order chi connectivity index (χ1) is 11.9. The molecular weight excluding hydrogens is 353 g/mol. The summed E-state index contributed by atoms with van der Waals surface area (Å²) in [6, 6.07) is 10.0. The van der Waals surface area contributed by atoms with Crippen LogP contribution in [0.5, 0.6) is 11.5 Å². The van der Waals surface area contributed by atoms with Gasteiger partial charge in [0.15, 0.2) is 0 Å². The molecule has 2 nitrogen and oxygen atoms in total. The Morgan fingerprint density at radius 2 is 1.84 bits per heavy atom. The minimum atomic E-state index is -4.49. The third kappa shape index (κ3) is 3.92. The zero-order valence-corrected chi connectivity index (χ0v) is 13.8. The molecule has 1 aliphatic heterocycles. The number of methoxy groups -OCH3 is 1. The average Bonchev–Trinajstić information content (AvgIpc) is 2.58. The molecule has 0 aliphatic carbocycles. The van der Waals surface area contributed by atoms with Crippen molar-refractivity contribution in [3.63, 3.8) is 0 Å². The highest BCUT2D eigenvalue weighted by atomic mass is 35.5. The second kappa shape index (κ2) is 6.73. The SMILES string of the molecule is COc1ccc(C#Cc2cc(Cl)cc3c2O[C@H](C(F)(F)F)C=C3)cc1. The van der Waals surface area contributed by atoms with Gasteiger partial charge in [0, 0.05) is 16.1 Å². The van der Waals surface area contributed by atoms with Crippen molar-refractivity contribution in [1.29, 1.82) is 0 Å². The molecule has 2 aromatic carbocycles. The van der Waals surface area contributed by atoms with Crippen LogP contribution in [-0.4, -0.2) is 19.4 Å². The fraction of sp³-hybridized carbons (Fsp3) is 0.158. The monoisotopic (exact) mass is 364 g/mol. The molecule has 25 heavy (non-hydrogen) atoms. The van der Waals surface area contributed by atoms with E-state index in [-0.39, 0.29) is 5.75 Å². The van der Waals surface area contributed by atoms with Crippen molar-refractivity contribution in [2.45, 2.75) is 12.3 Å². The maximum absolute atomic E-state index is 12.9. The molecule has 0 saturated carbocycles. The summed E-state index contributed by atoms with van der Waals surface area (Å²) in [6.45, 7) is 0. The van der Waals surface area contributed by atoms with Crippen molar-refractivity contribution >= 4 is 17.7 Å². The Hall–Kier alpha value is -2.58. The van der Waals surface area contributed by atoms with Crippen molar-refractivity contribution in [1.82, 2.24) is 0 Å². The lowest BCUT2D eigenvalue weighted by molar-refractivity contribution is -0.180. The van der Waals surface area contributed by atoms with E-state index in [0.29, 0.717) is 27.5 Å². The van der Waals surface area contributed by atoms with E-state index in [1.165, 1.54) is 12.1 Å². The van der Waals surface area contributed by atoms with Gasteiger partial charge in [-0.05, 0) is 42.5 Å². The van der Waals surface area contributed by atoms with Crippen LogP contribution in [0.2, 0.25) is 5.02 Å². The molecule has 1 atom stereocenters. The van der Waals surface area contributed by atoms with Crippen LogP contribution in [0.25, 0.3) is 6.08 Å². The Kier molecular flexibility index (Phi) is 4.65. The first-order valence-corrected chi connectivity index (χ1v) is 7.66. The smallest absolute Gasteiger partial charge is 0.429 e. The van der Waals surface area contributed by atoms with E-state index in [4.69, 9.17) is 21.1 Å². The van der Waals surface area contributed by atoms with Crippen LogP contribution in [0, 0.1) is 11.8 Å². The topological polar surface area (TPSA) is 18.5 Å². The van der Waals surface area contributed by atoms with E-state index >= 15 is 0 Å². The Bertz CT molecular complexity index is 875. The molecule has 0 saturated heterocycles. The van der Waals surface area contributed by atoms with Crippen LogP contribution in [0.1, 0.15) is 16.7 Å². The highest BCUT2D eigenvalue weighted by Gasteiger charge is 2.41. The number of hydrogen-bond acceptors (Lipinski definition) is 2. The van der Waals surface area contributed by atoms with Crippen LogP contribution in [0.4, 0.5) is 13.2 Å². The first kappa shape index (κ1) is 17.2. The Morgan fingerprint density at radius 3 is 2.48 bits per heavy atom. The molecule has 128 valence electrons. The molecule has 1 heterocycles. The van der Waals surface area contributed by atoms with Gasteiger partial charge in [0.1, 0.15) is 11.5 Å². The second-order valence-electron chi connectivity index (χ2n) is 5.29. The van der Waals surface area contributed by atoms with Crippen molar-refractivity contribution < 1.29 is 22.6 Å². The van der Waals surface area contributed by atoms with Gasteiger partial charge in [-0.25, -0.2) is 0 Å². The van der Waals surface area contributed by atoms with Gasteiger partial charge in [-0.2, -0.15) is 13.2 Å². The summed E-state index contributed by atoms with van der Waals surface area (Å²) in [4.78, 5) is 0. The van der Waals surface area contributed by atoms with Gasteiger partial charge < -0.3 is 9.47 Å². The van der Waals surface area contributed by atoms with Crippen molar-refractivity contribution in [3.05, 3.63) is 64.2 Å². The van der Waals surface area contributed by atoms with Crippen LogP contribution in [0.3, 0.4) is 0 Å². The number of ether oxygens (including phenoxy) is 2. The summed E-state index contributed by atoms with van der Waals surface area (Å²) >= 11 is 6.03. The minimum absolute atomic E-state index is 0.0789. The zero-order valence-electron chi connectivity index (χ0n) is 13.0. The summed E-state index contributed by atoms with van der Waals surface area (Å²) in [6.07, 6.45) is -4.18. The molecule has 0 bridgehead atoms. The third-order valence-corrected chi connectivity index (χ3v) is 3.75. The van der Waals surface area contributed by atoms with E-state index in [1.807, 2.05) is 0 Å². The third-order valence-electron chi connectivity index (χ3n) is 3.53. The van der Waals surface area contributed by atoms with Gasteiger partial charge in [0.2, 0.25) is 6.10 Å². The highest BCUT2D eigenvalue weighted by molar-refractivity contribution is 6.31. The van der Waals surface area contributed by atoms with Crippen molar-refractivity contribution in [3.8, 4) is 23.3 Å². The molecule has 0 unspecified atom stereocenters. The fourth-order valence-corrected chi connectivity index (χ4v) is 2.54. The molecule has 6 heteroatoms. The Labute approximate surface area is 147 Å². The van der Waals surface area contributed by atoms with Crippen molar-refractivity contribution in [2.75, 3.05) is 7.11 Å². The number of hydrogen-bond donors (Lipinski definition) is 0. The zero-order chi connectivity index (χ0) is 18.0. The maximum Gasteiger partial charge on any atom is 0.429 e. The molecule has 0 amide bonds. The highest BCUT2D eigenvalue weighted by Crippen LogP contribution is 2.37. The van der Waals surface area contributed by atoms with Gasteiger partial charge in [0.25, 0.3) is 0 Å². The predicted octanol–water partition coefficient (Wildman–Crippen LogP) is 5.08. The number of halogens is 4. The number of fused-ring (bicyclic) bond motifs is 1. The van der Waals surface area contributed by atoms with Crippen LogP contribution >= 0.6 is 11.6 Å². The molecule has 3 rings (SSSR count). The summed E-state index contributed by atoms with van der Waals surface area (Å²) in [7, 11) is 1.56. The van der Waals surface area contributed by atoms with Crippen LogP contribution in [0.15, 0.2) is 42.5 Å². The molecule has 0 spiro atoms. The van der Waals surface area contributed by atoms with E-state index < -0.39 is 12.3 Å². The van der Waals surface area contributed by atoms with E-state index in [9.17, 15) is 13.2 Å². The first-order valence-electron chi connectivity index (χ1n) is 7.28. The van der Waals surface area contributed by atoms with E-state index in [2.05, 4.69) is 11.8 Å². The molecule has 0 fully saturated rings. The van der Waals surface area contributed by atoms with Crippen LogP contribution < -0.4 is 9.47 Å².